The van der Waals surface area contributed by atoms with Crippen LogP contribution in [0.25, 0.3) is 16.7 Å². The van der Waals surface area contributed by atoms with E-state index in [9.17, 15) is 14.4 Å². The Hall–Kier alpha value is -4.27. The van der Waals surface area contributed by atoms with Crippen molar-refractivity contribution in [2.24, 2.45) is 5.73 Å². The highest BCUT2D eigenvalue weighted by atomic mass is 16.2. The van der Waals surface area contributed by atoms with Gasteiger partial charge in [-0.05, 0) is 43.3 Å². The van der Waals surface area contributed by atoms with Gasteiger partial charge in [0.2, 0.25) is 11.8 Å². The highest BCUT2D eigenvalue weighted by Gasteiger charge is 2.12. The minimum absolute atomic E-state index is 0.0801. The molecule has 31 heavy (non-hydrogen) atoms. The SMILES string of the molecule is Cc1ccc(-n2ncc3c(=O)n(CCC(=O)Nc4ccc(C(N)=O)cc4)cnc32)cc1. The second-order valence-corrected chi connectivity index (χ2v) is 7.11. The first-order valence-corrected chi connectivity index (χ1v) is 9.62. The molecular weight excluding hydrogens is 396 g/mol. The number of fused-ring (bicyclic) bond motifs is 1. The van der Waals surface area contributed by atoms with Crippen LogP contribution in [0.1, 0.15) is 22.3 Å². The maximum atomic E-state index is 12.8. The van der Waals surface area contributed by atoms with Crippen LogP contribution < -0.4 is 16.6 Å². The molecule has 2 amide bonds. The van der Waals surface area contributed by atoms with Crippen LogP contribution in [0.5, 0.6) is 0 Å². The molecule has 0 atom stereocenters. The van der Waals surface area contributed by atoms with Crippen LogP contribution >= 0.6 is 0 Å². The number of aromatic nitrogens is 4. The van der Waals surface area contributed by atoms with Crippen LogP contribution in [0, 0.1) is 6.92 Å². The van der Waals surface area contributed by atoms with Crippen LogP contribution in [-0.2, 0) is 11.3 Å². The number of aryl methyl sites for hydroxylation is 2. The predicted octanol–water partition coefficient (Wildman–Crippen LogP) is 2.02. The highest BCUT2D eigenvalue weighted by molar-refractivity contribution is 5.94. The van der Waals surface area contributed by atoms with Crippen molar-refractivity contribution in [1.82, 2.24) is 19.3 Å². The van der Waals surface area contributed by atoms with E-state index in [1.165, 1.54) is 29.2 Å². The molecule has 0 unspecified atom stereocenters. The number of carbonyl (C=O) groups excluding carboxylic acids is 2. The molecule has 0 bridgehead atoms. The van der Waals surface area contributed by atoms with Crippen molar-refractivity contribution < 1.29 is 9.59 Å². The molecule has 9 nitrogen and oxygen atoms in total. The van der Waals surface area contributed by atoms with Gasteiger partial charge < -0.3 is 11.1 Å². The molecule has 3 N–H and O–H groups in total. The molecule has 156 valence electrons. The molecule has 0 fully saturated rings. The Labute approximate surface area is 177 Å². The van der Waals surface area contributed by atoms with Crippen LogP contribution in [-0.4, -0.2) is 31.1 Å². The average molecular weight is 416 g/mol. The molecule has 0 aliphatic heterocycles. The fourth-order valence-corrected chi connectivity index (χ4v) is 3.15. The Morgan fingerprint density at radius 3 is 2.45 bits per heavy atom. The summed E-state index contributed by atoms with van der Waals surface area (Å²) >= 11 is 0. The summed E-state index contributed by atoms with van der Waals surface area (Å²) in [7, 11) is 0. The number of nitrogens with one attached hydrogen (secondary N) is 1. The van der Waals surface area contributed by atoms with Crippen molar-refractivity contribution in [3.63, 3.8) is 0 Å². The van der Waals surface area contributed by atoms with E-state index < -0.39 is 5.91 Å². The number of rotatable bonds is 6. The van der Waals surface area contributed by atoms with Gasteiger partial charge in [-0.25, -0.2) is 9.67 Å². The molecule has 2 aromatic heterocycles. The van der Waals surface area contributed by atoms with Crippen molar-refractivity contribution in [1.29, 1.82) is 0 Å². The minimum Gasteiger partial charge on any atom is -0.366 e. The van der Waals surface area contributed by atoms with Gasteiger partial charge in [-0.2, -0.15) is 5.10 Å². The lowest BCUT2D eigenvalue weighted by molar-refractivity contribution is -0.116. The zero-order chi connectivity index (χ0) is 22.0. The second-order valence-electron chi connectivity index (χ2n) is 7.11. The number of amides is 2. The molecular formula is C22H20N6O3. The molecule has 0 aliphatic carbocycles. The van der Waals surface area contributed by atoms with Gasteiger partial charge in [0.1, 0.15) is 5.39 Å². The Kier molecular flexibility index (Phi) is 5.31. The molecule has 0 spiro atoms. The van der Waals surface area contributed by atoms with Gasteiger partial charge in [0.05, 0.1) is 18.2 Å². The Morgan fingerprint density at radius 2 is 1.77 bits per heavy atom. The van der Waals surface area contributed by atoms with E-state index in [-0.39, 0.29) is 24.4 Å². The normalized spacial score (nSPS) is 10.9. The lowest BCUT2D eigenvalue weighted by Gasteiger charge is -2.08. The summed E-state index contributed by atoms with van der Waals surface area (Å²) in [6, 6.07) is 14.0. The number of hydrogen-bond donors (Lipinski definition) is 2. The van der Waals surface area contributed by atoms with Crippen LogP contribution in [0.4, 0.5) is 5.69 Å². The van der Waals surface area contributed by atoms with E-state index in [4.69, 9.17) is 5.73 Å². The quantitative estimate of drug-likeness (QED) is 0.497. The molecule has 9 heteroatoms. The summed E-state index contributed by atoms with van der Waals surface area (Å²) in [4.78, 5) is 40.5. The summed E-state index contributed by atoms with van der Waals surface area (Å²) in [6.07, 6.45) is 2.99. The number of carbonyl (C=O) groups is 2. The summed E-state index contributed by atoms with van der Waals surface area (Å²) in [6.45, 7) is 2.16. The summed E-state index contributed by atoms with van der Waals surface area (Å²) in [5.41, 5.74) is 8.23. The summed E-state index contributed by atoms with van der Waals surface area (Å²) in [5.74, 6) is -0.806. The number of anilines is 1. The van der Waals surface area contributed by atoms with E-state index in [2.05, 4.69) is 15.4 Å². The molecule has 0 radical (unpaired) electrons. The molecule has 2 heterocycles. The average Bonchev–Trinajstić information content (AvgIpc) is 3.19. The molecule has 0 saturated heterocycles. The third-order valence-corrected chi connectivity index (χ3v) is 4.87. The Balaban J connectivity index is 1.47. The van der Waals surface area contributed by atoms with Crippen LogP contribution in [0.15, 0.2) is 65.8 Å². The van der Waals surface area contributed by atoms with Gasteiger partial charge in [0.25, 0.3) is 5.56 Å². The maximum absolute atomic E-state index is 12.8. The van der Waals surface area contributed by atoms with E-state index in [1.807, 2.05) is 31.2 Å². The Bertz CT molecular complexity index is 1320. The van der Waals surface area contributed by atoms with E-state index >= 15 is 0 Å². The van der Waals surface area contributed by atoms with Crippen molar-refractivity contribution in [2.75, 3.05) is 5.32 Å². The first-order valence-electron chi connectivity index (χ1n) is 9.62. The zero-order valence-electron chi connectivity index (χ0n) is 16.8. The number of hydrogen-bond acceptors (Lipinski definition) is 5. The number of primary amides is 1. The monoisotopic (exact) mass is 416 g/mol. The van der Waals surface area contributed by atoms with Crippen molar-refractivity contribution >= 4 is 28.5 Å². The van der Waals surface area contributed by atoms with Gasteiger partial charge in [-0.1, -0.05) is 17.7 Å². The number of nitrogens with two attached hydrogens (primary N) is 1. The predicted molar refractivity (Wildman–Crippen MR) is 116 cm³/mol. The minimum atomic E-state index is -0.536. The smallest absolute Gasteiger partial charge is 0.264 e. The number of benzene rings is 2. The first kappa shape index (κ1) is 20.0. The van der Waals surface area contributed by atoms with E-state index in [0.717, 1.165) is 11.3 Å². The lowest BCUT2D eigenvalue weighted by Crippen LogP contribution is -2.23. The van der Waals surface area contributed by atoms with E-state index in [1.54, 1.807) is 16.8 Å². The fourth-order valence-electron chi connectivity index (χ4n) is 3.15. The van der Waals surface area contributed by atoms with E-state index in [0.29, 0.717) is 22.3 Å². The van der Waals surface area contributed by atoms with Gasteiger partial charge in [0, 0.05) is 24.2 Å². The molecule has 4 rings (SSSR count). The molecule has 0 saturated carbocycles. The van der Waals surface area contributed by atoms with Crippen LogP contribution in [0.2, 0.25) is 0 Å². The van der Waals surface area contributed by atoms with Gasteiger partial charge in [-0.3, -0.25) is 19.0 Å². The Morgan fingerprint density at radius 1 is 1.06 bits per heavy atom. The molecule has 4 aromatic rings. The first-order chi connectivity index (χ1) is 14.9. The van der Waals surface area contributed by atoms with Crippen molar-refractivity contribution in [3.8, 4) is 5.69 Å². The molecule has 2 aromatic carbocycles. The summed E-state index contributed by atoms with van der Waals surface area (Å²) < 4.78 is 3.00. The topological polar surface area (TPSA) is 125 Å². The standard InChI is InChI=1S/C22H20N6O3/c1-14-2-8-17(9-3-14)28-21-18(12-25-28)22(31)27(13-24-21)11-10-19(29)26-16-6-4-15(5-7-16)20(23)30/h2-9,12-13H,10-11H2,1H3,(H2,23,30)(H,26,29). The lowest BCUT2D eigenvalue weighted by atomic mass is 10.2. The van der Waals surface area contributed by atoms with Gasteiger partial charge in [-0.15, -0.1) is 0 Å². The zero-order valence-corrected chi connectivity index (χ0v) is 16.8. The summed E-state index contributed by atoms with van der Waals surface area (Å²) in [5, 5.41) is 7.40. The third kappa shape index (κ3) is 4.20. The van der Waals surface area contributed by atoms with Crippen molar-refractivity contribution in [3.05, 3.63) is 82.5 Å². The third-order valence-electron chi connectivity index (χ3n) is 4.87. The molecule has 0 aliphatic rings. The second kappa shape index (κ2) is 8.23. The fraction of sp³-hybridized carbons (Fsp3) is 0.136. The maximum Gasteiger partial charge on any atom is 0.264 e. The van der Waals surface area contributed by atoms with Crippen molar-refractivity contribution in [2.45, 2.75) is 19.9 Å². The van der Waals surface area contributed by atoms with Gasteiger partial charge >= 0.3 is 0 Å². The number of nitrogens with zero attached hydrogens (tertiary/aromatic N) is 4. The highest BCUT2D eigenvalue weighted by Crippen LogP contribution is 2.14. The van der Waals surface area contributed by atoms with Crippen LogP contribution in [0.3, 0.4) is 0 Å². The van der Waals surface area contributed by atoms with Gasteiger partial charge in [0.15, 0.2) is 5.65 Å². The largest absolute Gasteiger partial charge is 0.366 e.